The molecule has 0 amide bonds. The topological polar surface area (TPSA) is 58.9 Å². The molecule has 1 unspecified atom stereocenters. The molecular weight excluding hydrogens is 256 g/mol. The molecule has 0 aliphatic rings. The van der Waals surface area contributed by atoms with Crippen LogP contribution < -0.4 is 9.47 Å². The third-order valence-electron chi connectivity index (χ3n) is 2.73. The molecule has 0 saturated carbocycles. The summed E-state index contributed by atoms with van der Waals surface area (Å²) in [7, 11) is 0. The Kier molecular flexibility index (Phi) is 5.41. The monoisotopic (exact) mass is 274 g/mol. The lowest BCUT2D eigenvalue weighted by atomic mass is 10.2. The molecule has 106 valence electrons. The minimum absolute atomic E-state index is 0.0702. The van der Waals surface area contributed by atoms with Crippen LogP contribution in [0, 0.1) is 0 Å². The second-order valence-corrected chi connectivity index (χ2v) is 4.39. The van der Waals surface area contributed by atoms with Gasteiger partial charge in [-0.1, -0.05) is 30.3 Å². The van der Waals surface area contributed by atoms with Gasteiger partial charge in [-0.15, -0.1) is 0 Å². The number of aliphatic hydroxyl groups is 2. The number of benzene rings is 2. The van der Waals surface area contributed by atoms with Gasteiger partial charge in [0.1, 0.15) is 30.8 Å². The van der Waals surface area contributed by atoms with Gasteiger partial charge in [0.2, 0.25) is 0 Å². The van der Waals surface area contributed by atoms with Crippen LogP contribution in [0.4, 0.5) is 0 Å². The van der Waals surface area contributed by atoms with Gasteiger partial charge in [0.05, 0.1) is 6.61 Å². The van der Waals surface area contributed by atoms with Gasteiger partial charge < -0.3 is 19.7 Å². The fourth-order valence-electron chi connectivity index (χ4n) is 1.62. The highest BCUT2D eigenvalue weighted by Gasteiger charge is 2.03. The summed E-state index contributed by atoms with van der Waals surface area (Å²) >= 11 is 0. The van der Waals surface area contributed by atoms with E-state index in [1.54, 1.807) is 12.1 Å². The normalized spacial score (nSPS) is 11.9. The summed E-state index contributed by atoms with van der Waals surface area (Å²) in [5, 5.41) is 17.9. The van der Waals surface area contributed by atoms with Crippen molar-refractivity contribution in [2.45, 2.75) is 12.7 Å². The lowest BCUT2D eigenvalue weighted by molar-refractivity contribution is 0.0536. The molecule has 0 aliphatic carbocycles. The van der Waals surface area contributed by atoms with E-state index < -0.39 is 6.10 Å². The predicted octanol–water partition coefficient (Wildman–Crippen LogP) is 2.00. The van der Waals surface area contributed by atoms with Gasteiger partial charge in [0.15, 0.2) is 0 Å². The number of ether oxygens (including phenoxy) is 2. The molecule has 1 atom stereocenters. The molecule has 0 radical (unpaired) electrons. The van der Waals surface area contributed by atoms with Crippen LogP contribution in [-0.2, 0) is 6.61 Å². The largest absolute Gasteiger partial charge is 0.491 e. The van der Waals surface area contributed by atoms with E-state index in [-0.39, 0.29) is 13.2 Å². The Bertz CT molecular complexity index is 496. The number of rotatable bonds is 7. The van der Waals surface area contributed by atoms with Gasteiger partial charge in [-0.2, -0.15) is 0 Å². The lowest BCUT2D eigenvalue weighted by Gasteiger charge is -2.11. The zero-order valence-corrected chi connectivity index (χ0v) is 11.1. The summed E-state index contributed by atoms with van der Waals surface area (Å²) in [6.45, 7) is 0.281. The number of hydrogen-bond donors (Lipinski definition) is 2. The van der Waals surface area contributed by atoms with Crippen LogP contribution >= 0.6 is 0 Å². The van der Waals surface area contributed by atoms with E-state index in [0.717, 1.165) is 11.3 Å². The van der Waals surface area contributed by atoms with Crippen LogP contribution in [-0.4, -0.2) is 29.5 Å². The summed E-state index contributed by atoms with van der Waals surface area (Å²) < 4.78 is 11.0. The van der Waals surface area contributed by atoms with Gasteiger partial charge in [-0.05, 0) is 29.8 Å². The van der Waals surface area contributed by atoms with E-state index in [4.69, 9.17) is 14.6 Å². The summed E-state index contributed by atoms with van der Waals surface area (Å²) in [5.41, 5.74) is 1.11. The average molecular weight is 274 g/mol. The minimum atomic E-state index is -0.857. The van der Waals surface area contributed by atoms with Gasteiger partial charge in [-0.3, -0.25) is 0 Å². The zero-order valence-electron chi connectivity index (χ0n) is 11.1. The van der Waals surface area contributed by atoms with Gasteiger partial charge in [0.25, 0.3) is 0 Å². The zero-order chi connectivity index (χ0) is 14.2. The predicted molar refractivity (Wildman–Crippen MR) is 75.8 cm³/mol. The Balaban J connectivity index is 1.82. The van der Waals surface area contributed by atoms with E-state index in [0.29, 0.717) is 12.4 Å². The van der Waals surface area contributed by atoms with Crippen molar-refractivity contribution >= 4 is 0 Å². The summed E-state index contributed by atoms with van der Waals surface area (Å²) in [6.07, 6.45) is -0.857. The van der Waals surface area contributed by atoms with E-state index in [9.17, 15) is 5.11 Å². The van der Waals surface area contributed by atoms with E-state index >= 15 is 0 Å². The van der Waals surface area contributed by atoms with Crippen molar-refractivity contribution in [3.63, 3.8) is 0 Å². The number of aliphatic hydroxyl groups excluding tert-OH is 2. The summed E-state index contributed by atoms with van der Waals surface area (Å²) in [6, 6.07) is 17.1. The van der Waals surface area contributed by atoms with Crippen LogP contribution in [0.1, 0.15) is 5.56 Å². The molecule has 0 spiro atoms. The highest BCUT2D eigenvalue weighted by molar-refractivity contribution is 5.31. The summed E-state index contributed by atoms with van der Waals surface area (Å²) in [4.78, 5) is 0. The molecule has 0 aromatic heterocycles. The first-order valence-corrected chi connectivity index (χ1v) is 6.46. The van der Waals surface area contributed by atoms with Crippen LogP contribution in [0.3, 0.4) is 0 Å². The molecule has 0 bridgehead atoms. The van der Waals surface area contributed by atoms with Crippen LogP contribution in [0.2, 0.25) is 0 Å². The van der Waals surface area contributed by atoms with E-state index in [2.05, 4.69) is 0 Å². The average Bonchev–Trinajstić information content (AvgIpc) is 2.52. The molecule has 0 saturated heterocycles. The van der Waals surface area contributed by atoms with Crippen molar-refractivity contribution in [2.75, 3.05) is 13.2 Å². The maximum Gasteiger partial charge on any atom is 0.120 e. The fraction of sp³-hybridized carbons (Fsp3) is 0.250. The first-order chi connectivity index (χ1) is 9.78. The first-order valence-electron chi connectivity index (χ1n) is 6.46. The molecule has 0 aliphatic heterocycles. The number of hydrogen-bond acceptors (Lipinski definition) is 4. The third-order valence-corrected chi connectivity index (χ3v) is 2.73. The van der Waals surface area contributed by atoms with Crippen molar-refractivity contribution < 1.29 is 19.7 Å². The smallest absolute Gasteiger partial charge is 0.120 e. The lowest BCUT2D eigenvalue weighted by Crippen LogP contribution is -2.21. The van der Waals surface area contributed by atoms with Gasteiger partial charge in [-0.25, -0.2) is 0 Å². The second kappa shape index (κ2) is 7.53. The van der Waals surface area contributed by atoms with Crippen molar-refractivity contribution in [1.29, 1.82) is 0 Å². The van der Waals surface area contributed by atoms with Crippen LogP contribution in [0.5, 0.6) is 11.5 Å². The van der Waals surface area contributed by atoms with Crippen LogP contribution in [0.25, 0.3) is 0 Å². The quantitative estimate of drug-likeness (QED) is 0.810. The Hall–Kier alpha value is -2.04. The van der Waals surface area contributed by atoms with E-state index in [1.807, 2.05) is 42.5 Å². The first kappa shape index (κ1) is 14.4. The van der Waals surface area contributed by atoms with Gasteiger partial charge in [0, 0.05) is 0 Å². The Morgan fingerprint density at radius 3 is 2.05 bits per heavy atom. The standard InChI is InChI=1S/C16H18O4/c17-10-14(18)12-20-16-8-6-15(7-9-16)19-11-13-4-2-1-3-5-13/h1-9,14,17-18H,10-12H2. The minimum Gasteiger partial charge on any atom is -0.491 e. The molecule has 2 rings (SSSR count). The van der Waals surface area contributed by atoms with Crippen molar-refractivity contribution in [2.24, 2.45) is 0 Å². The Labute approximate surface area is 118 Å². The molecule has 2 aromatic carbocycles. The van der Waals surface area contributed by atoms with Crippen molar-refractivity contribution in [3.8, 4) is 11.5 Å². The molecular formula is C16H18O4. The maximum absolute atomic E-state index is 9.18. The Morgan fingerprint density at radius 1 is 0.850 bits per heavy atom. The molecule has 0 heterocycles. The van der Waals surface area contributed by atoms with Crippen LogP contribution in [0.15, 0.2) is 54.6 Å². The molecule has 2 N–H and O–H groups in total. The summed E-state index contributed by atoms with van der Waals surface area (Å²) in [5.74, 6) is 1.38. The van der Waals surface area contributed by atoms with Gasteiger partial charge >= 0.3 is 0 Å². The highest BCUT2D eigenvalue weighted by Crippen LogP contribution is 2.18. The molecule has 4 nitrogen and oxygen atoms in total. The van der Waals surface area contributed by atoms with E-state index in [1.165, 1.54) is 0 Å². The van der Waals surface area contributed by atoms with Crippen molar-refractivity contribution in [3.05, 3.63) is 60.2 Å². The molecule has 2 aromatic rings. The maximum atomic E-state index is 9.18. The highest BCUT2D eigenvalue weighted by atomic mass is 16.5. The SMILES string of the molecule is OCC(O)COc1ccc(OCc2ccccc2)cc1. The fourth-order valence-corrected chi connectivity index (χ4v) is 1.62. The molecule has 4 heteroatoms. The third kappa shape index (κ3) is 4.57. The second-order valence-electron chi connectivity index (χ2n) is 4.39. The Morgan fingerprint density at radius 2 is 1.45 bits per heavy atom. The van der Waals surface area contributed by atoms with Crippen molar-refractivity contribution in [1.82, 2.24) is 0 Å². The molecule has 20 heavy (non-hydrogen) atoms. The molecule has 0 fully saturated rings.